The van der Waals surface area contributed by atoms with Crippen molar-refractivity contribution in [1.29, 1.82) is 0 Å². The molecule has 0 spiro atoms. The SMILES string of the molecule is [B]C([B])([B])Oc1ccc2oc(N3CCc4nc(NC(=O)N[C@@H]5CCOC5)sc4[C@@H]3COC)nc2c1. The molecule has 0 aliphatic carbocycles. The maximum atomic E-state index is 12.4. The van der Waals surface area contributed by atoms with Crippen LogP contribution < -0.4 is 20.3 Å². The Balaban J connectivity index is 1.36. The second-order valence-corrected chi connectivity index (χ2v) is 9.52. The molecule has 14 heteroatoms. The lowest BCUT2D eigenvalue weighted by Gasteiger charge is -2.33. The van der Waals surface area contributed by atoms with Crippen LogP contribution in [0.5, 0.6) is 5.75 Å². The minimum atomic E-state index is -1.80. The molecule has 2 aliphatic heterocycles. The number of nitrogens with one attached hydrogen (secondary N) is 2. The number of amides is 2. The first-order chi connectivity index (χ1) is 16.8. The molecule has 0 saturated carbocycles. The zero-order valence-corrected chi connectivity index (χ0v) is 20.0. The van der Waals surface area contributed by atoms with Crippen molar-refractivity contribution in [2.45, 2.75) is 30.2 Å². The highest BCUT2D eigenvalue weighted by atomic mass is 32.1. The third kappa shape index (κ3) is 5.44. The number of carbonyl (C=O) groups is 1. The van der Waals surface area contributed by atoms with Crippen molar-refractivity contribution in [2.75, 3.05) is 43.7 Å². The summed E-state index contributed by atoms with van der Waals surface area (Å²) in [7, 11) is 18.2. The van der Waals surface area contributed by atoms with Crippen molar-refractivity contribution < 1.29 is 23.4 Å². The zero-order valence-electron chi connectivity index (χ0n) is 19.2. The number of ether oxygens (including phenoxy) is 3. The molecule has 2 aliphatic rings. The molecular formula is C21H22B3N5O5S. The van der Waals surface area contributed by atoms with Gasteiger partial charge in [-0.15, -0.1) is 0 Å². The van der Waals surface area contributed by atoms with E-state index in [1.54, 1.807) is 25.3 Å². The van der Waals surface area contributed by atoms with Gasteiger partial charge in [0.05, 0.1) is 35.9 Å². The van der Waals surface area contributed by atoms with Gasteiger partial charge in [0.15, 0.2) is 10.7 Å². The normalized spacial score (nSPS) is 20.1. The molecule has 35 heavy (non-hydrogen) atoms. The summed E-state index contributed by atoms with van der Waals surface area (Å²) in [4.78, 5) is 24.7. The summed E-state index contributed by atoms with van der Waals surface area (Å²) in [6.07, 6.45) is 1.46. The van der Waals surface area contributed by atoms with Crippen molar-refractivity contribution in [2.24, 2.45) is 0 Å². The van der Waals surface area contributed by atoms with Gasteiger partial charge in [-0.2, -0.15) is 4.98 Å². The third-order valence-electron chi connectivity index (χ3n) is 5.69. The number of benzene rings is 1. The van der Waals surface area contributed by atoms with Crippen LogP contribution in [0, 0.1) is 0 Å². The standard InChI is InChI=1S/C21H22B3N5O5S/c1-31-10-15-17-13(26-19(35-17)28-18(30)25-11-5-7-32-9-11)4-6-29(15)20-27-14-8-12(34-21(22,23)24)2-3-16(14)33-20/h2-3,8,11,15H,4-7,9-10H2,1H3,(H2,25,26,28,30)/t11-,15+/m1/s1. The van der Waals surface area contributed by atoms with E-state index in [-0.39, 0.29) is 18.1 Å². The average molecular weight is 489 g/mol. The molecule has 1 aromatic carbocycles. The Morgan fingerprint density at radius 3 is 2.94 bits per heavy atom. The molecule has 2 amide bonds. The zero-order chi connectivity index (χ0) is 24.6. The fourth-order valence-electron chi connectivity index (χ4n) is 4.19. The summed E-state index contributed by atoms with van der Waals surface area (Å²) in [6.45, 7) is 2.19. The summed E-state index contributed by atoms with van der Waals surface area (Å²) in [5.74, 6) is 0.375. The number of carbonyl (C=O) groups excluding carboxylic acids is 1. The number of anilines is 2. The maximum Gasteiger partial charge on any atom is 0.321 e. The molecule has 0 bridgehead atoms. The smallest absolute Gasteiger partial charge is 0.321 e. The number of hydrogen-bond donors (Lipinski definition) is 2. The van der Waals surface area contributed by atoms with E-state index in [1.807, 2.05) is 4.90 Å². The topological polar surface area (TPSA) is 111 Å². The van der Waals surface area contributed by atoms with E-state index in [0.717, 1.165) is 17.0 Å². The molecule has 2 aromatic heterocycles. The summed E-state index contributed by atoms with van der Waals surface area (Å²) >= 11 is 1.42. The van der Waals surface area contributed by atoms with Gasteiger partial charge in [0, 0.05) is 32.7 Å². The first-order valence-electron chi connectivity index (χ1n) is 11.2. The second-order valence-electron chi connectivity index (χ2n) is 8.49. The molecule has 6 radical (unpaired) electrons. The van der Waals surface area contributed by atoms with Crippen LogP contribution in [0.2, 0.25) is 0 Å². The van der Waals surface area contributed by atoms with E-state index >= 15 is 0 Å². The summed E-state index contributed by atoms with van der Waals surface area (Å²) in [5.41, 5.74) is 2.07. The monoisotopic (exact) mass is 489 g/mol. The molecule has 2 atom stereocenters. The van der Waals surface area contributed by atoms with Gasteiger partial charge in [-0.1, -0.05) is 11.3 Å². The molecule has 0 unspecified atom stereocenters. The highest BCUT2D eigenvalue weighted by Gasteiger charge is 2.34. The first-order valence-corrected chi connectivity index (χ1v) is 12.0. The fourth-order valence-corrected chi connectivity index (χ4v) is 5.29. The Hall–Kier alpha value is -2.70. The van der Waals surface area contributed by atoms with Gasteiger partial charge in [0.1, 0.15) is 34.8 Å². The van der Waals surface area contributed by atoms with Crippen LogP contribution in [0.4, 0.5) is 15.9 Å². The quantitative estimate of drug-likeness (QED) is 0.481. The van der Waals surface area contributed by atoms with Crippen LogP contribution in [0.1, 0.15) is 23.0 Å². The van der Waals surface area contributed by atoms with Crippen molar-refractivity contribution in [3.63, 3.8) is 0 Å². The predicted octanol–water partition coefficient (Wildman–Crippen LogP) is 1.44. The van der Waals surface area contributed by atoms with Gasteiger partial charge in [-0.3, -0.25) is 5.32 Å². The van der Waals surface area contributed by atoms with Crippen LogP contribution in [0.3, 0.4) is 0 Å². The predicted molar refractivity (Wildman–Crippen MR) is 134 cm³/mol. The summed E-state index contributed by atoms with van der Waals surface area (Å²) in [5, 5.41) is 4.49. The largest absolute Gasteiger partial charge is 0.516 e. The third-order valence-corrected chi connectivity index (χ3v) is 6.81. The maximum absolute atomic E-state index is 12.4. The van der Waals surface area contributed by atoms with Crippen LogP contribution in [0.25, 0.3) is 11.1 Å². The van der Waals surface area contributed by atoms with Crippen molar-refractivity contribution in [3.8, 4) is 5.75 Å². The van der Waals surface area contributed by atoms with Crippen molar-refractivity contribution in [3.05, 3.63) is 28.8 Å². The van der Waals surface area contributed by atoms with Gasteiger partial charge in [-0.25, -0.2) is 9.78 Å². The molecule has 176 valence electrons. The lowest BCUT2D eigenvalue weighted by molar-refractivity contribution is 0.174. The number of thiazole rings is 1. The number of oxazole rings is 1. The minimum absolute atomic E-state index is 0.0161. The van der Waals surface area contributed by atoms with Gasteiger partial charge < -0.3 is 28.8 Å². The van der Waals surface area contributed by atoms with Crippen LogP contribution in [-0.4, -0.2) is 84.4 Å². The van der Waals surface area contributed by atoms with Crippen LogP contribution >= 0.6 is 11.3 Å². The van der Waals surface area contributed by atoms with E-state index < -0.39 is 5.30 Å². The molecule has 3 aromatic rings. The number of aromatic nitrogens is 2. The average Bonchev–Trinajstić information content (AvgIpc) is 3.52. The summed E-state index contributed by atoms with van der Waals surface area (Å²) < 4.78 is 22.2. The first kappa shape index (κ1) is 24.0. The molecule has 2 N–H and O–H groups in total. The molecule has 5 rings (SSSR count). The molecule has 1 fully saturated rings. The van der Waals surface area contributed by atoms with Crippen LogP contribution in [0.15, 0.2) is 22.6 Å². The minimum Gasteiger partial charge on any atom is -0.516 e. The molecule has 10 nitrogen and oxygen atoms in total. The Morgan fingerprint density at radius 2 is 2.20 bits per heavy atom. The van der Waals surface area contributed by atoms with Gasteiger partial charge in [-0.05, 0) is 23.9 Å². The van der Waals surface area contributed by atoms with Gasteiger partial charge >= 0.3 is 6.03 Å². The number of methoxy groups -OCH3 is 1. The number of hydrogen-bond acceptors (Lipinski definition) is 9. The van der Waals surface area contributed by atoms with E-state index in [1.165, 1.54) is 11.3 Å². The van der Waals surface area contributed by atoms with Gasteiger partial charge in [0.25, 0.3) is 6.01 Å². The Morgan fingerprint density at radius 1 is 1.34 bits per heavy atom. The lowest BCUT2D eigenvalue weighted by atomic mass is 9.52. The van der Waals surface area contributed by atoms with Crippen molar-refractivity contribution in [1.82, 2.24) is 15.3 Å². The van der Waals surface area contributed by atoms with E-state index in [0.29, 0.717) is 60.8 Å². The Labute approximate surface area is 210 Å². The Bertz CT molecular complexity index is 1210. The van der Waals surface area contributed by atoms with Crippen LogP contribution in [-0.2, 0) is 15.9 Å². The number of rotatable bonds is 7. The van der Waals surface area contributed by atoms with E-state index in [2.05, 4.69) is 20.6 Å². The number of fused-ring (bicyclic) bond motifs is 2. The summed E-state index contributed by atoms with van der Waals surface area (Å²) in [6, 6.07) is 5.01. The molecular weight excluding hydrogens is 467 g/mol. The second kappa shape index (κ2) is 9.75. The van der Waals surface area contributed by atoms with Gasteiger partial charge in [0.2, 0.25) is 0 Å². The highest BCUT2D eigenvalue weighted by Crippen LogP contribution is 2.39. The molecule has 4 heterocycles. The molecule has 1 saturated heterocycles. The highest BCUT2D eigenvalue weighted by molar-refractivity contribution is 7.16. The lowest BCUT2D eigenvalue weighted by Crippen LogP contribution is -2.38. The number of nitrogens with zero attached hydrogens (tertiary/aromatic N) is 3. The van der Waals surface area contributed by atoms with Crippen molar-refractivity contribution >= 4 is 63.2 Å². The Kier molecular flexibility index (Phi) is 6.69. The van der Waals surface area contributed by atoms with E-state index in [4.69, 9.17) is 42.2 Å². The van der Waals surface area contributed by atoms with E-state index in [9.17, 15) is 4.79 Å². The number of urea groups is 1. The fraction of sp³-hybridized carbons (Fsp3) is 0.476.